The molecule has 2 N–H and O–H groups in total. The Labute approximate surface area is 155 Å². The molecule has 0 atom stereocenters. The molecular formula is C19H20O8. The highest BCUT2D eigenvalue weighted by Gasteiger charge is 2.23. The van der Waals surface area contributed by atoms with Crippen LogP contribution in [0.4, 0.5) is 0 Å². The van der Waals surface area contributed by atoms with Crippen molar-refractivity contribution < 1.29 is 38.7 Å². The summed E-state index contributed by atoms with van der Waals surface area (Å²) in [6, 6.07) is 5.26. The number of benzene rings is 2. The molecule has 0 fully saturated rings. The number of phenolic OH excluding ortho intramolecular Hbond substituents is 2. The van der Waals surface area contributed by atoms with Crippen LogP contribution in [0, 0.1) is 0 Å². The highest BCUT2D eigenvalue weighted by Crippen LogP contribution is 2.45. The number of methoxy groups -OCH3 is 3. The monoisotopic (exact) mass is 376 g/mol. The van der Waals surface area contributed by atoms with Crippen LogP contribution in [0.3, 0.4) is 0 Å². The fourth-order valence-electron chi connectivity index (χ4n) is 2.52. The fraction of sp³-hybridized carbons (Fsp3) is 0.263. The number of hydrogen-bond donors (Lipinski definition) is 2. The molecule has 0 aliphatic carbocycles. The lowest BCUT2D eigenvalue weighted by molar-refractivity contribution is 0.0591. The summed E-state index contributed by atoms with van der Waals surface area (Å²) in [6.07, 6.45) is 0. The fourth-order valence-corrected chi connectivity index (χ4v) is 2.52. The van der Waals surface area contributed by atoms with Crippen molar-refractivity contribution in [3.05, 3.63) is 35.4 Å². The number of rotatable bonds is 6. The van der Waals surface area contributed by atoms with Gasteiger partial charge in [0.15, 0.2) is 23.0 Å². The summed E-state index contributed by atoms with van der Waals surface area (Å²) >= 11 is 0. The maximum Gasteiger partial charge on any atom is 0.338 e. The summed E-state index contributed by atoms with van der Waals surface area (Å²) in [4.78, 5) is 23.9. The molecule has 2 aromatic carbocycles. The lowest BCUT2D eigenvalue weighted by atomic mass is 9.97. The second kappa shape index (κ2) is 8.31. The molecule has 0 heterocycles. The second-order valence-electron chi connectivity index (χ2n) is 5.36. The molecule has 2 aromatic rings. The standard InChI is InChI=1S/C19H20O8/c1-5-27-15-9-11(19(23)26-4)7-13(17(15)21)12-6-10(18(22)25-3)8-14(24-2)16(12)20/h6-9,20-21H,5H2,1-4H3. The lowest BCUT2D eigenvalue weighted by Crippen LogP contribution is -2.05. The van der Waals surface area contributed by atoms with E-state index in [-0.39, 0.29) is 51.9 Å². The van der Waals surface area contributed by atoms with Gasteiger partial charge >= 0.3 is 11.9 Å². The number of phenols is 2. The SMILES string of the molecule is CCOc1cc(C(=O)OC)cc(-c2cc(C(=O)OC)cc(OC)c2O)c1O. The van der Waals surface area contributed by atoms with Crippen LogP contribution in [0.25, 0.3) is 11.1 Å². The number of ether oxygens (including phenoxy) is 4. The predicted octanol–water partition coefficient (Wildman–Crippen LogP) is 2.75. The maximum atomic E-state index is 12.0. The van der Waals surface area contributed by atoms with Crippen molar-refractivity contribution in [2.75, 3.05) is 27.9 Å². The van der Waals surface area contributed by atoms with Crippen LogP contribution in [0.15, 0.2) is 24.3 Å². The van der Waals surface area contributed by atoms with Crippen LogP contribution in [-0.2, 0) is 9.47 Å². The zero-order valence-corrected chi connectivity index (χ0v) is 15.4. The van der Waals surface area contributed by atoms with Gasteiger partial charge < -0.3 is 29.2 Å². The number of aromatic hydroxyl groups is 2. The number of hydrogen-bond acceptors (Lipinski definition) is 8. The summed E-state index contributed by atoms with van der Waals surface area (Å²) < 4.78 is 19.9. The number of carbonyl (C=O) groups excluding carboxylic acids is 2. The lowest BCUT2D eigenvalue weighted by Gasteiger charge is -2.16. The van der Waals surface area contributed by atoms with Gasteiger partial charge in [-0.3, -0.25) is 0 Å². The van der Waals surface area contributed by atoms with Crippen molar-refractivity contribution in [3.8, 4) is 34.1 Å². The van der Waals surface area contributed by atoms with Gasteiger partial charge in [0.05, 0.1) is 39.1 Å². The Morgan fingerprint density at radius 3 is 1.67 bits per heavy atom. The Kier molecular flexibility index (Phi) is 6.12. The van der Waals surface area contributed by atoms with E-state index in [1.54, 1.807) is 6.92 Å². The largest absolute Gasteiger partial charge is 0.504 e. The van der Waals surface area contributed by atoms with Crippen molar-refractivity contribution in [3.63, 3.8) is 0 Å². The normalized spacial score (nSPS) is 10.2. The average Bonchev–Trinajstić information content (AvgIpc) is 2.68. The van der Waals surface area contributed by atoms with Crippen LogP contribution in [0.5, 0.6) is 23.0 Å². The molecule has 0 unspecified atom stereocenters. The van der Waals surface area contributed by atoms with Crippen molar-refractivity contribution in [1.82, 2.24) is 0 Å². The summed E-state index contributed by atoms with van der Waals surface area (Å²) in [5.74, 6) is -1.95. The van der Waals surface area contributed by atoms with Gasteiger partial charge in [0.1, 0.15) is 0 Å². The maximum absolute atomic E-state index is 12.0. The molecule has 0 bridgehead atoms. The van der Waals surface area contributed by atoms with E-state index in [1.165, 1.54) is 45.6 Å². The molecule has 8 heteroatoms. The molecular weight excluding hydrogens is 356 g/mol. The predicted molar refractivity (Wildman–Crippen MR) is 95.6 cm³/mol. The minimum absolute atomic E-state index is 0.00580. The van der Waals surface area contributed by atoms with Crippen molar-refractivity contribution in [1.29, 1.82) is 0 Å². The molecule has 2 rings (SSSR count). The van der Waals surface area contributed by atoms with Gasteiger partial charge in [-0.15, -0.1) is 0 Å². The van der Waals surface area contributed by atoms with E-state index in [0.717, 1.165) is 0 Å². The zero-order valence-electron chi connectivity index (χ0n) is 15.4. The first-order chi connectivity index (χ1) is 12.9. The third-order valence-corrected chi connectivity index (χ3v) is 3.80. The molecule has 0 spiro atoms. The van der Waals surface area contributed by atoms with E-state index in [0.29, 0.717) is 0 Å². The number of carbonyl (C=O) groups is 2. The molecule has 27 heavy (non-hydrogen) atoms. The van der Waals surface area contributed by atoms with E-state index in [2.05, 4.69) is 0 Å². The van der Waals surface area contributed by atoms with Crippen molar-refractivity contribution in [2.45, 2.75) is 6.92 Å². The third-order valence-electron chi connectivity index (χ3n) is 3.80. The molecule has 0 aromatic heterocycles. The first kappa shape index (κ1) is 19.9. The molecule has 0 saturated carbocycles. The molecule has 0 radical (unpaired) electrons. The van der Waals surface area contributed by atoms with E-state index in [4.69, 9.17) is 18.9 Å². The van der Waals surface area contributed by atoms with Gasteiger partial charge in [0.2, 0.25) is 0 Å². The number of esters is 2. The smallest absolute Gasteiger partial charge is 0.338 e. The van der Waals surface area contributed by atoms with E-state index >= 15 is 0 Å². The third kappa shape index (κ3) is 3.89. The van der Waals surface area contributed by atoms with Crippen molar-refractivity contribution >= 4 is 11.9 Å². The van der Waals surface area contributed by atoms with Gasteiger partial charge in [-0.25, -0.2) is 9.59 Å². The van der Waals surface area contributed by atoms with Crippen LogP contribution in [0.1, 0.15) is 27.6 Å². The molecule has 144 valence electrons. The van der Waals surface area contributed by atoms with Gasteiger partial charge in [0.25, 0.3) is 0 Å². The van der Waals surface area contributed by atoms with Gasteiger partial charge in [-0.05, 0) is 31.2 Å². The van der Waals surface area contributed by atoms with Gasteiger partial charge in [-0.2, -0.15) is 0 Å². The Morgan fingerprint density at radius 2 is 1.26 bits per heavy atom. The van der Waals surface area contributed by atoms with E-state index in [9.17, 15) is 19.8 Å². The summed E-state index contributed by atoms with van der Waals surface area (Å²) in [7, 11) is 3.74. The topological polar surface area (TPSA) is 112 Å². The second-order valence-corrected chi connectivity index (χ2v) is 5.36. The first-order valence-corrected chi connectivity index (χ1v) is 7.95. The Bertz CT molecular complexity index is 872. The van der Waals surface area contributed by atoms with Gasteiger partial charge in [-0.1, -0.05) is 0 Å². The molecule has 0 aliphatic rings. The summed E-state index contributed by atoms with van der Waals surface area (Å²) in [5, 5.41) is 21.1. The van der Waals surface area contributed by atoms with Crippen molar-refractivity contribution in [2.24, 2.45) is 0 Å². The van der Waals surface area contributed by atoms with Crippen LogP contribution < -0.4 is 9.47 Å². The molecule has 0 amide bonds. The van der Waals surface area contributed by atoms with E-state index < -0.39 is 11.9 Å². The zero-order chi connectivity index (χ0) is 20.1. The van der Waals surface area contributed by atoms with Crippen LogP contribution in [0.2, 0.25) is 0 Å². The van der Waals surface area contributed by atoms with E-state index in [1.807, 2.05) is 0 Å². The Morgan fingerprint density at radius 1 is 0.815 bits per heavy atom. The minimum atomic E-state index is -0.664. The molecule has 0 aliphatic heterocycles. The van der Waals surface area contributed by atoms with Crippen LogP contribution >= 0.6 is 0 Å². The molecule has 8 nitrogen and oxygen atoms in total. The van der Waals surface area contributed by atoms with Crippen LogP contribution in [-0.4, -0.2) is 50.1 Å². The quantitative estimate of drug-likeness (QED) is 0.740. The highest BCUT2D eigenvalue weighted by atomic mass is 16.5. The highest BCUT2D eigenvalue weighted by molar-refractivity contribution is 5.96. The first-order valence-electron chi connectivity index (χ1n) is 7.95. The summed E-state index contributed by atoms with van der Waals surface area (Å²) in [5.41, 5.74) is 0.292. The Balaban J connectivity index is 2.81. The minimum Gasteiger partial charge on any atom is -0.504 e. The Hall–Kier alpha value is -3.42. The molecule has 0 saturated heterocycles. The summed E-state index contributed by atoms with van der Waals surface area (Å²) in [6.45, 7) is 1.94. The average molecular weight is 376 g/mol. The van der Waals surface area contributed by atoms with Gasteiger partial charge in [0, 0.05) is 11.1 Å².